The van der Waals surface area contributed by atoms with Crippen molar-refractivity contribution in [2.75, 3.05) is 13.7 Å². The zero-order valence-electron chi connectivity index (χ0n) is 19.9. The second kappa shape index (κ2) is 11.2. The lowest BCUT2D eigenvalue weighted by atomic mass is 9.98. The highest BCUT2D eigenvalue weighted by molar-refractivity contribution is 5.84. The predicted molar refractivity (Wildman–Crippen MR) is 127 cm³/mol. The molecule has 2 aromatic carbocycles. The van der Waals surface area contributed by atoms with E-state index in [0.717, 1.165) is 22.3 Å². The standard InChI is InChI=1S/C26H32N2O6/c1-15(2)22(13-23(29)28-24(25(30)31)16(3)33-4)27-26(32)34-14-21-19-11-7-5-9-17(19)18-10-6-8-12-20(18)21/h5-12,15-16,21-22,24H,13-14H2,1-4H3,(H,27,32)(H,28,29)(H,30,31)/t16?,22-,24?/m0/s1. The van der Waals surface area contributed by atoms with Crippen molar-refractivity contribution in [3.05, 3.63) is 59.7 Å². The number of hydrogen-bond acceptors (Lipinski definition) is 5. The monoisotopic (exact) mass is 468 g/mol. The van der Waals surface area contributed by atoms with Gasteiger partial charge in [-0.15, -0.1) is 0 Å². The van der Waals surface area contributed by atoms with Crippen LogP contribution in [0.3, 0.4) is 0 Å². The van der Waals surface area contributed by atoms with E-state index in [1.807, 2.05) is 50.2 Å². The topological polar surface area (TPSA) is 114 Å². The number of carboxylic acids is 1. The van der Waals surface area contributed by atoms with E-state index in [2.05, 4.69) is 22.8 Å². The maximum Gasteiger partial charge on any atom is 0.407 e. The van der Waals surface area contributed by atoms with Gasteiger partial charge in [0.2, 0.25) is 5.91 Å². The highest BCUT2D eigenvalue weighted by atomic mass is 16.5. The number of hydrogen-bond donors (Lipinski definition) is 3. The predicted octanol–water partition coefficient (Wildman–Crippen LogP) is 3.54. The maximum atomic E-state index is 12.6. The Morgan fingerprint density at radius 1 is 0.941 bits per heavy atom. The van der Waals surface area contributed by atoms with Crippen LogP contribution in [0.1, 0.15) is 44.2 Å². The number of benzene rings is 2. The molecule has 0 aromatic heterocycles. The van der Waals surface area contributed by atoms with Crippen LogP contribution in [0.5, 0.6) is 0 Å². The molecule has 3 N–H and O–H groups in total. The van der Waals surface area contributed by atoms with Crippen molar-refractivity contribution in [3.8, 4) is 11.1 Å². The normalized spacial score (nSPS) is 15.1. The van der Waals surface area contributed by atoms with E-state index < -0.39 is 36.2 Å². The van der Waals surface area contributed by atoms with Gasteiger partial charge < -0.3 is 25.2 Å². The summed E-state index contributed by atoms with van der Waals surface area (Å²) < 4.78 is 10.6. The molecule has 0 saturated heterocycles. The number of carbonyl (C=O) groups is 3. The average molecular weight is 469 g/mol. The largest absolute Gasteiger partial charge is 0.480 e. The van der Waals surface area contributed by atoms with Crippen molar-refractivity contribution < 1.29 is 29.0 Å². The van der Waals surface area contributed by atoms with E-state index in [9.17, 15) is 19.5 Å². The number of methoxy groups -OCH3 is 1. The molecule has 8 nitrogen and oxygen atoms in total. The van der Waals surface area contributed by atoms with Crippen molar-refractivity contribution in [1.82, 2.24) is 10.6 Å². The smallest absolute Gasteiger partial charge is 0.407 e. The van der Waals surface area contributed by atoms with E-state index in [4.69, 9.17) is 9.47 Å². The summed E-state index contributed by atoms with van der Waals surface area (Å²) in [4.78, 5) is 36.6. The molecule has 2 unspecified atom stereocenters. The summed E-state index contributed by atoms with van der Waals surface area (Å²) in [6, 6.07) is 14.4. The van der Waals surface area contributed by atoms with Crippen molar-refractivity contribution in [2.45, 2.75) is 51.3 Å². The number of nitrogens with one attached hydrogen (secondary N) is 2. The second-order valence-electron chi connectivity index (χ2n) is 8.85. The first-order valence-corrected chi connectivity index (χ1v) is 11.4. The number of ether oxygens (including phenoxy) is 2. The zero-order valence-corrected chi connectivity index (χ0v) is 19.9. The number of fused-ring (bicyclic) bond motifs is 3. The van der Waals surface area contributed by atoms with E-state index in [1.54, 1.807) is 6.92 Å². The molecular formula is C26H32N2O6. The summed E-state index contributed by atoms with van der Waals surface area (Å²) in [6.07, 6.45) is -1.40. The van der Waals surface area contributed by atoms with Gasteiger partial charge in [0, 0.05) is 25.5 Å². The fourth-order valence-corrected chi connectivity index (χ4v) is 4.19. The first kappa shape index (κ1) is 25.2. The van der Waals surface area contributed by atoms with Gasteiger partial charge in [-0.05, 0) is 35.1 Å². The van der Waals surface area contributed by atoms with Crippen LogP contribution >= 0.6 is 0 Å². The number of carbonyl (C=O) groups excluding carboxylic acids is 2. The molecule has 34 heavy (non-hydrogen) atoms. The van der Waals surface area contributed by atoms with Crippen molar-refractivity contribution in [2.24, 2.45) is 5.92 Å². The van der Waals surface area contributed by atoms with Crippen molar-refractivity contribution in [3.63, 3.8) is 0 Å². The molecule has 2 aromatic rings. The minimum atomic E-state index is -1.19. The molecule has 0 heterocycles. The zero-order chi connectivity index (χ0) is 24.8. The van der Waals surface area contributed by atoms with Gasteiger partial charge in [0.1, 0.15) is 6.61 Å². The Morgan fingerprint density at radius 3 is 2.00 bits per heavy atom. The van der Waals surface area contributed by atoms with Crippen LogP contribution in [0.15, 0.2) is 48.5 Å². The lowest BCUT2D eigenvalue weighted by molar-refractivity contribution is -0.145. The minimum absolute atomic E-state index is 0.0641. The van der Waals surface area contributed by atoms with Gasteiger partial charge >= 0.3 is 12.1 Å². The van der Waals surface area contributed by atoms with Crippen LogP contribution in [-0.4, -0.2) is 55.0 Å². The number of carboxylic acid groups (broad SMARTS) is 1. The Hall–Kier alpha value is -3.39. The molecular weight excluding hydrogens is 436 g/mol. The first-order chi connectivity index (χ1) is 16.2. The van der Waals surface area contributed by atoms with Gasteiger partial charge in [-0.3, -0.25) is 4.79 Å². The molecule has 3 rings (SSSR count). The molecule has 2 amide bonds. The summed E-state index contributed by atoms with van der Waals surface area (Å²) >= 11 is 0. The van der Waals surface area contributed by atoms with Crippen molar-refractivity contribution >= 4 is 18.0 Å². The fraction of sp³-hybridized carbons (Fsp3) is 0.423. The molecule has 182 valence electrons. The molecule has 0 bridgehead atoms. The van der Waals surface area contributed by atoms with Crippen LogP contribution in [0.2, 0.25) is 0 Å². The quantitative estimate of drug-likeness (QED) is 0.491. The van der Waals surface area contributed by atoms with Gasteiger partial charge in [-0.2, -0.15) is 0 Å². The highest BCUT2D eigenvalue weighted by Gasteiger charge is 2.31. The summed E-state index contributed by atoms with van der Waals surface area (Å²) in [5.41, 5.74) is 4.51. The number of alkyl carbamates (subject to hydrolysis) is 1. The molecule has 0 spiro atoms. The van der Waals surface area contributed by atoms with Gasteiger partial charge in [0.05, 0.1) is 6.10 Å². The lowest BCUT2D eigenvalue weighted by Gasteiger charge is -2.25. The molecule has 0 fully saturated rings. The SMILES string of the molecule is COC(C)C(NC(=O)C[C@H](NC(=O)OCC1c2ccccc2-c2ccccc21)C(C)C)C(=O)O. The average Bonchev–Trinajstić information content (AvgIpc) is 3.13. The minimum Gasteiger partial charge on any atom is -0.480 e. The van der Waals surface area contributed by atoms with E-state index in [1.165, 1.54) is 7.11 Å². The van der Waals surface area contributed by atoms with Gasteiger partial charge in [0.15, 0.2) is 6.04 Å². The maximum absolute atomic E-state index is 12.6. The van der Waals surface area contributed by atoms with Crippen molar-refractivity contribution in [1.29, 1.82) is 0 Å². The molecule has 0 radical (unpaired) electrons. The molecule has 1 aliphatic carbocycles. The van der Waals surface area contributed by atoms with Gasteiger partial charge in [0.25, 0.3) is 0 Å². The third kappa shape index (κ3) is 5.75. The third-order valence-electron chi connectivity index (χ3n) is 6.28. The summed E-state index contributed by atoms with van der Waals surface area (Å²) in [5, 5.41) is 14.6. The number of amides is 2. The van der Waals surface area contributed by atoms with Crippen LogP contribution in [0, 0.1) is 5.92 Å². The van der Waals surface area contributed by atoms with Crippen LogP contribution in [-0.2, 0) is 19.1 Å². The molecule has 0 saturated carbocycles. The van der Waals surface area contributed by atoms with Gasteiger partial charge in [-0.25, -0.2) is 9.59 Å². The Morgan fingerprint density at radius 2 is 1.50 bits per heavy atom. The Balaban J connectivity index is 1.60. The van der Waals surface area contributed by atoms with Crippen LogP contribution in [0.4, 0.5) is 4.79 Å². The third-order valence-corrected chi connectivity index (χ3v) is 6.28. The first-order valence-electron chi connectivity index (χ1n) is 11.4. The molecule has 8 heteroatoms. The van der Waals surface area contributed by atoms with Crippen LogP contribution < -0.4 is 10.6 Å². The Labute approximate surface area is 199 Å². The molecule has 0 aliphatic heterocycles. The fourth-order valence-electron chi connectivity index (χ4n) is 4.19. The molecule has 3 atom stereocenters. The Bertz CT molecular complexity index is 992. The van der Waals surface area contributed by atoms with Crippen LogP contribution in [0.25, 0.3) is 11.1 Å². The van der Waals surface area contributed by atoms with E-state index >= 15 is 0 Å². The lowest BCUT2D eigenvalue weighted by Crippen LogP contribution is -2.50. The molecule has 1 aliphatic rings. The van der Waals surface area contributed by atoms with E-state index in [0.29, 0.717) is 0 Å². The number of aliphatic carboxylic acids is 1. The second-order valence-corrected chi connectivity index (χ2v) is 8.85. The highest BCUT2D eigenvalue weighted by Crippen LogP contribution is 2.44. The Kier molecular flexibility index (Phi) is 8.28. The summed E-state index contributed by atoms with van der Waals surface area (Å²) in [6.45, 7) is 5.47. The summed E-state index contributed by atoms with van der Waals surface area (Å²) in [7, 11) is 1.38. The summed E-state index contributed by atoms with van der Waals surface area (Å²) in [5.74, 6) is -1.82. The van der Waals surface area contributed by atoms with Gasteiger partial charge in [-0.1, -0.05) is 62.4 Å². The number of rotatable bonds is 10. The van der Waals surface area contributed by atoms with E-state index in [-0.39, 0.29) is 24.9 Å².